The fourth-order valence-electron chi connectivity index (χ4n) is 4.37. The third kappa shape index (κ3) is 6.57. The zero-order valence-corrected chi connectivity index (χ0v) is 23.6. The number of methoxy groups -OCH3 is 1. The lowest BCUT2D eigenvalue weighted by Gasteiger charge is -2.24. The third-order valence-electron chi connectivity index (χ3n) is 6.37. The molecular formula is C29H36FN5O4. The lowest BCUT2D eigenvalue weighted by atomic mass is 10.1. The Hall–Kier alpha value is -3.92. The molecule has 0 saturated carbocycles. The van der Waals surface area contributed by atoms with E-state index in [1.54, 1.807) is 26.4 Å². The van der Waals surface area contributed by atoms with Crippen molar-refractivity contribution in [2.45, 2.75) is 52.9 Å². The summed E-state index contributed by atoms with van der Waals surface area (Å²) in [4.78, 5) is 18.5. The minimum Gasteiger partial charge on any atom is -0.492 e. The molecule has 3 aromatic heterocycles. The highest BCUT2D eigenvalue weighted by molar-refractivity contribution is 5.71. The Labute approximate surface area is 228 Å². The first-order valence-corrected chi connectivity index (χ1v) is 12.8. The Morgan fingerprint density at radius 2 is 1.95 bits per heavy atom. The molecule has 0 bridgehead atoms. The fraction of sp³-hybridized carbons (Fsp3) is 0.414. The lowest BCUT2D eigenvalue weighted by molar-refractivity contribution is 0.0283. The molecule has 0 unspecified atom stereocenters. The van der Waals surface area contributed by atoms with Gasteiger partial charge >= 0.3 is 6.09 Å². The number of fused-ring (bicyclic) bond motifs is 1. The number of rotatable bonds is 9. The van der Waals surface area contributed by atoms with Crippen LogP contribution in [0, 0.1) is 12.7 Å². The van der Waals surface area contributed by atoms with Gasteiger partial charge in [0, 0.05) is 62.3 Å². The highest BCUT2D eigenvalue weighted by atomic mass is 19.1. The number of hydrogen-bond acceptors (Lipinski definition) is 6. The van der Waals surface area contributed by atoms with Crippen molar-refractivity contribution >= 4 is 11.7 Å². The van der Waals surface area contributed by atoms with Crippen molar-refractivity contribution in [2.24, 2.45) is 7.05 Å². The number of ether oxygens (including phenoxy) is 3. The molecule has 9 nitrogen and oxygen atoms in total. The smallest absolute Gasteiger partial charge is 0.410 e. The van der Waals surface area contributed by atoms with Gasteiger partial charge in [0.05, 0.1) is 37.3 Å². The minimum absolute atomic E-state index is 0.306. The Balaban J connectivity index is 1.56. The van der Waals surface area contributed by atoms with E-state index < -0.39 is 11.7 Å². The van der Waals surface area contributed by atoms with Gasteiger partial charge in [-0.3, -0.25) is 4.68 Å². The largest absolute Gasteiger partial charge is 0.492 e. The SMILES string of the molecule is COCc1nn(C)c(C)c1CCOc1cc(F)ccc1-c1ccc2ncc(CN(C)C(=O)OC(C)(C)C)n2c1. The summed E-state index contributed by atoms with van der Waals surface area (Å²) >= 11 is 0. The monoisotopic (exact) mass is 537 g/mol. The molecular weight excluding hydrogens is 501 g/mol. The molecule has 0 saturated heterocycles. The molecule has 0 aliphatic rings. The van der Waals surface area contributed by atoms with E-state index in [-0.39, 0.29) is 5.82 Å². The predicted molar refractivity (Wildman–Crippen MR) is 146 cm³/mol. The number of nitrogens with zero attached hydrogens (tertiary/aromatic N) is 5. The molecule has 4 rings (SSSR count). The van der Waals surface area contributed by atoms with Crippen LogP contribution in [0.15, 0.2) is 42.7 Å². The van der Waals surface area contributed by atoms with Crippen LogP contribution in [0.3, 0.4) is 0 Å². The van der Waals surface area contributed by atoms with Gasteiger partial charge in [0.15, 0.2) is 0 Å². The number of imidazole rings is 1. The summed E-state index contributed by atoms with van der Waals surface area (Å²) < 4.78 is 34.9. The van der Waals surface area contributed by atoms with Gasteiger partial charge in [0.1, 0.15) is 22.8 Å². The molecule has 0 fully saturated rings. The molecule has 1 amide bonds. The third-order valence-corrected chi connectivity index (χ3v) is 6.37. The number of halogens is 1. The van der Waals surface area contributed by atoms with Crippen molar-refractivity contribution in [3.8, 4) is 16.9 Å². The topological polar surface area (TPSA) is 83.1 Å². The van der Waals surface area contributed by atoms with Crippen molar-refractivity contribution in [2.75, 3.05) is 20.8 Å². The number of carbonyl (C=O) groups excluding carboxylic acids is 1. The van der Waals surface area contributed by atoms with Crippen molar-refractivity contribution in [1.29, 1.82) is 0 Å². The van der Waals surface area contributed by atoms with Crippen LogP contribution in [0.5, 0.6) is 5.75 Å². The molecule has 0 spiro atoms. The second kappa shape index (κ2) is 11.4. The zero-order valence-electron chi connectivity index (χ0n) is 23.6. The van der Waals surface area contributed by atoms with Crippen LogP contribution in [-0.2, 0) is 36.1 Å². The Morgan fingerprint density at radius 3 is 2.67 bits per heavy atom. The molecule has 4 aromatic rings. The number of aryl methyl sites for hydroxylation is 1. The Kier molecular flexibility index (Phi) is 8.25. The lowest BCUT2D eigenvalue weighted by Crippen LogP contribution is -2.34. The maximum Gasteiger partial charge on any atom is 0.410 e. The summed E-state index contributed by atoms with van der Waals surface area (Å²) in [5.74, 6) is 0.0616. The molecule has 1 aromatic carbocycles. The van der Waals surface area contributed by atoms with Gasteiger partial charge < -0.3 is 23.5 Å². The van der Waals surface area contributed by atoms with Gasteiger partial charge in [-0.05, 0) is 52.0 Å². The van der Waals surface area contributed by atoms with E-state index in [1.807, 2.05) is 62.2 Å². The Bertz CT molecular complexity index is 1470. The summed E-state index contributed by atoms with van der Waals surface area (Å²) in [6.45, 7) is 8.57. The Morgan fingerprint density at radius 1 is 1.18 bits per heavy atom. The molecule has 3 heterocycles. The van der Waals surface area contributed by atoms with Crippen LogP contribution in [0.4, 0.5) is 9.18 Å². The number of carbonyl (C=O) groups is 1. The van der Waals surface area contributed by atoms with Crippen LogP contribution in [0.2, 0.25) is 0 Å². The molecule has 0 radical (unpaired) electrons. The van der Waals surface area contributed by atoms with Crippen molar-refractivity contribution in [3.05, 3.63) is 71.2 Å². The molecule has 0 atom stereocenters. The normalized spacial score (nSPS) is 11.7. The average molecular weight is 538 g/mol. The number of hydrogen-bond donors (Lipinski definition) is 0. The molecule has 39 heavy (non-hydrogen) atoms. The number of benzene rings is 1. The number of pyridine rings is 1. The maximum absolute atomic E-state index is 14.3. The van der Waals surface area contributed by atoms with Gasteiger partial charge in [0.2, 0.25) is 0 Å². The second-order valence-corrected chi connectivity index (χ2v) is 10.5. The van der Waals surface area contributed by atoms with Crippen molar-refractivity contribution in [1.82, 2.24) is 24.1 Å². The van der Waals surface area contributed by atoms with Crippen molar-refractivity contribution in [3.63, 3.8) is 0 Å². The zero-order chi connectivity index (χ0) is 28.3. The van der Waals surface area contributed by atoms with Gasteiger partial charge in [-0.2, -0.15) is 5.10 Å². The molecule has 0 aliphatic heterocycles. The van der Waals surface area contributed by atoms with Crippen LogP contribution in [0.1, 0.15) is 43.4 Å². The second-order valence-electron chi connectivity index (χ2n) is 10.5. The summed E-state index contributed by atoms with van der Waals surface area (Å²) in [6, 6.07) is 8.33. The molecule has 0 aliphatic carbocycles. The molecule has 10 heteroatoms. The average Bonchev–Trinajstić information content (AvgIpc) is 3.38. The van der Waals surface area contributed by atoms with Gasteiger partial charge in [-0.1, -0.05) is 0 Å². The summed E-state index contributed by atoms with van der Waals surface area (Å²) in [6.07, 6.45) is 3.84. The van der Waals surface area contributed by atoms with E-state index in [4.69, 9.17) is 14.2 Å². The summed E-state index contributed by atoms with van der Waals surface area (Å²) in [5.41, 5.74) is 5.51. The van der Waals surface area contributed by atoms with Crippen LogP contribution in [-0.4, -0.2) is 56.5 Å². The first-order chi connectivity index (χ1) is 18.5. The van der Waals surface area contributed by atoms with Crippen molar-refractivity contribution < 1.29 is 23.4 Å². The first-order valence-electron chi connectivity index (χ1n) is 12.8. The van der Waals surface area contributed by atoms with Crippen LogP contribution >= 0.6 is 0 Å². The molecule has 208 valence electrons. The number of amides is 1. The molecule has 0 N–H and O–H groups in total. The summed E-state index contributed by atoms with van der Waals surface area (Å²) in [5, 5.41) is 4.52. The quantitative estimate of drug-likeness (QED) is 0.288. The van der Waals surface area contributed by atoms with E-state index in [9.17, 15) is 9.18 Å². The number of aromatic nitrogens is 4. The highest BCUT2D eigenvalue weighted by Crippen LogP contribution is 2.32. The standard InChI is InChI=1S/C29H36FN5O4/c1-19-23(25(18-37-7)32-34(19)6)12-13-38-26-14-21(30)9-10-24(26)20-8-11-27-31-15-22(35(27)16-20)17-33(5)28(36)39-29(2,3)4/h8-11,14-16H,12-13,17-18H2,1-7H3. The fourth-order valence-corrected chi connectivity index (χ4v) is 4.37. The van der Waals surface area contributed by atoms with E-state index in [0.717, 1.165) is 39.4 Å². The van der Waals surface area contributed by atoms with Crippen LogP contribution in [0.25, 0.3) is 16.8 Å². The maximum atomic E-state index is 14.3. The predicted octanol–water partition coefficient (Wildman–Crippen LogP) is 5.32. The van der Waals surface area contributed by atoms with Gasteiger partial charge in [-0.25, -0.2) is 14.2 Å². The summed E-state index contributed by atoms with van der Waals surface area (Å²) in [7, 11) is 5.22. The van der Waals surface area contributed by atoms with E-state index >= 15 is 0 Å². The van der Waals surface area contributed by atoms with E-state index in [2.05, 4.69) is 10.1 Å². The van der Waals surface area contributed by atoms with Gasteiger partial charge in [0.25, 0.3) is 0 Å². The van der Waals surface area contributed by atoms with Crippen LogP contribution < -0.4 is 4.74 Å². The van der Waals surface area contributed by atoms with E-state index in [0.29, 0.717) is 31.9 Å². The van der Waals surface area contributed by atoms with E-state index in [1.165, 1.54) is 17.0 Å². The first kappa shape index (κ1) is 28.1. The minimum atomic E-state index is -0.585. The highest BCUT2D eigenvalue weighted by Gasteiger charge is 2.21. The van der Waals surface area contributed by atoms with Gasteiger partial charge in [-0.15, -0.1) is 0 Å².